The Labute approximate surface area is 397 Å². The van der Waals surface area contributed by atoms with Gasteiger partial charge in [-0.05, 0) is 102 Å². The summed E-state index contributed by atoms with van der Waals surface area (Å²) in [4.78, 5) is 61.4. The number of allylic oxidation sites excluding steroid dienone is 8. The number of hydrogen-bond acceptors (Lipinski definition) is 11. The SMILES string of the molecule is CCCCC/C=C\C/C=C\CCCCCCCC(=O)OCC(COC(=O)CCCCCCC/C=C\C/C=C\CCCCC)OC(=O)CCC(CCCC)OC(=O)Oc1ccc([N+](=O)[O-])cc1. The van der Waals surface area contributed by atoms with Crippen molar-refractivity contribution in [2.24, 2.45) is 0 Å². The second kappa shape index (κ2) is 42.9. The van der Waals surface area contributed by atoms with E-state index < -0.39 is 41.2 Å². The molecule has 372 valence electrons. The molecule has 1 unspecified atom stereocenters. The van der Waals surface area contributed by atoms with Crippen molar-refractivity contribution in [2.45, 2.75) is 219 Å². The first-order valence-corrected chi connectivity index (χ1v) is 25.4. The highest BCUT2D eigenvalue weighted by Crippen LogP contribution is 2.20. The molecule has 12 heteroatoms. The summed E-state index contributed by atoms with van der Waals surface area (Å²) in [6.07, 6.45) is 41.5. The highest BCUT2D eigenvalue weighted by molar-refractivity contribution is 5.71. The Morgan fingerprint density at radius 2 is 0.939 bits per heavy atom. The van der Waals surface area contributed by atoms with E-state index in [0.29, 0.717) is 19.3 Å². The van der Waals surface area contributed by atoms with E-state index in [1.165, 1.54) is 62.8 Å². The summed E-state index contributed by atoms with van der Waals surface area (Å²) in [5.74, 6) is -1.35. The molecule has 0 bridgehead atoms. The third kappa shape index (κ3) is 36.5. The number of nitro groups is 1. The van der Waals surface area contributed by atoms with Crippen LogP contribution in [0.2, 0.25) is 0 Å². The summed E-state index contributed by atoms with van der Waals surface area (Å²) in [5, 5.41) is 10.9. The molecule has 0 amide bonds. The molecule has 0 fully saturated rings. The van der Waals surface area contributed by atoms with E-state index in [1.54, 1.807) is 0 Å². The summed E-state index contributed by atoms with van der Waals surface area (Å²) < 4.78 is 27.4. The minimum Gasteiger partial charge on any atom is -0.462 e. The number of carbonyl (C=O) groups excluding carboxylic acids is 4. The lowest BCUT2D eigenvalue weighted by Gasteiger charge is -2.20. The summed E-state index contributed by atoms with van der Waals surface area (Å²) in [5.41, 5.74) is -0.146. The van der Waals surface area contributed by atoms with Gasteiger partial charge in [0.05, 0.1) is 4.92 Å². The molecule has 1 rings (SSSR count). The zero-order chi connectivity index (χ0) is 48.1. The van der Waals surface area contributed by atoms with Crippen LogP contribution >= 0.6 is 0 Å². The minimum absolute atomic E-state index is 0.0806. The number of carbonyl (C=O) groups is 4. The van der Waals surface area contributed by atoms with Gasteiger partial charge in [-0.2, -0.15) is 0 Å². The standard InChI is InChI=1S/C54H85NO11/c1-4-7-10-12-14-16-18-20-22-24-26-28-30-32-34-37-51(56)62-45-50(46-63-52(57)38-35-33-31-29-27-25-23-21-19-17-15-13-11-8-5-2)64-53(58)44-43-48(36-9-6-3)65-54(59)66-49-41-39-47(40-42-49)55(60)61/h14-17,20-23,39-42,48,50H,4-13,18-19,24-38,43-46H2,1-3H3/b16-14-,17-15-,22-20-,23-21-. The zero-order valence-corrected chi connectivity index (χ0v) is 40.9. The lowest BCUT2D eigenvalue weighted by Crippen LogP contribution is -2.31. The van der Waals surface area contributed by atoms with Crippen molar-refractivity contribution in [2.75, 3.05) is 13.2 Å². The predicted octanol–water partition coefficient (Wildman–Crippen LogP) is 15.1. The molecular formula is C54H85NO11. The van der Waals surface area contributed by atoms with Crippen LogP contribution in [0.25, 0.3) is 0 Å². The Kier molecular flexibility index (Phi) is 38.5. The van der Waals surface area contributed by atoms with Crippen molar-refractivity contribution in [1.29, 1.82) is 0 Å². The maximum absolute atomic E-state index is 13.1. The van der Waals surface area contributed by atoms with E-state index in [-0.39, 0.29) is 50.3 Å². The van der Waals surface area contributed by atoms with Gasteiger partial charge in [0.15, 0.2) is 6.10 Å². The molecule has 0 spiro atoms. The van der Waals surface area contributed by atoms with Gasteiger partial charge in [-0.1, -0.05) is 146 Å². The van der Waals surface area contributed by atoms with E-state index in [4.69, 9.17) is 23.7 Å². The summed E-state index contributed by atoms with van der Waals surface area (Å²) >= 11 is 0. The highest BCUT2D eigenvalue weighted by atomic mass is 16.7. The fraction of sp³-hybridized carbons (Fsp3) is 0.667. The third-order valence-corrected chi connectivity index (χ3v) is 10.9. The molecule has 0 saturated carbocycles. The quantitative estimate of drug-likeness (QED) is 0.0117. The largest absolute Gasteiger partial charge is 0.514 e. The number of nitro benzene ring substituents is 1. The first kappa shape index (κ1) is 59.3. The number of hydrogen-bond donors (Lipinski definition) is 0. The lowest BCUT2D eigenvalue weighted by atomic mass is 10.1. The number of benzene rings is 1. The van der Waals surface area contributed by atoms with Gasteiger partial charge in [-0.3, -0.25) is 24.5 Å². The number of ether oxygens (including phenoxy) is 5. The van der Waals surface area contributed by atoms with Gasteiger partial charge in [0.1, 0.15) is 25.1 Å². The normalized spacial score (nSPS) is 12.1. The van der Waals surface area contributed by atoms with Gasteiger partial charge in [-0.15, -0.1) is 0 Å². The maximum atomic E-state index is 13.1. The van der Waals surface area contributed by atoms with Crippen LogP contribution in [-0.2, 0) is 33.3 Å². The van der Waals surface area contributed by atoms with Crippen LogP contribution in [-0.4, -0.2) is 54.4 Å². The van der Waals surface area contributed by atoms with Crippen molar-refractivity contribution in [3.63, 3.8) is 0 Å². The molecule has 0 aliphatic carbocycles. The Morgan fingerprint density at radius 3 is 1.39 bits per heavy atom. The second-order valence-corrected chi connectivity index (χ2v) is 17.0. The molecule has 0 radical (unpaired) electrons. The fourth-order valence-electron chi connectivity index (χ4n) is 6.90. The van der Waals surface area contributed by atoms with Crippen LogP contribution in [0.3, 0.4) is 0 Å². The summed E-state index contributed by atoms with van der Waals surface area (Å²) in [7, 11) is 0. The first-order chi connectivity index (χ1) is 32.2. The minimum atomic E-state index is -0.998. The van der Waals surface area contributed by atoms with Crippen molar-refractivity contribution >= 4 is 29.8 Å². The molecule has 0 aromatic heterocycles. The predicted molar refractivity (Wildman–Crippen MR) is 263 cm³/mol. The smallest absolute Gasteiger partial charge is 0.462 e. The second-order valence-electron chi connectivity index (χ2n) is 17.0. The van der Waals surface area contributed by atoms with E-state index in [1.807, 2.05) is 6.92 Å². The van der Waals surface area contributed by atoms with Gasteiger partial charge in [0.2, 0.25) is 0 Å². The van der Waals surface area contributed by atoms with Crippen molar-refractivity contribution in [3.8, 4) is 5.75 Å². The number of esters is 3. The van der Waals surface area contributed by atoms with Gasteiger partial charge >= 0.3 is 24.1 Å². The van der Waals surface area contributed by atoms with Crippen LogP contribution in [0.4, 0.5) is 10.5 Å². The van der Waals surface area contributed by atoms with Crippen LogP contribution in [0.1, 0.15) is 207 Å². The zero-order valence-electron chi connectivity index (χ0n) is 40.9. The molecule has 0 N–H and O–H groups in total. The molecule has 12 nitrogen and oxygen atoms in total. The summed E-state index contributed by atoms with van der Waals surface area (Å²) in [6, 6.07) is 5.03. The van der Waals surface area contributed by atoms with Crippen LogP contribution in [0.5, 0.6) is 5.75 Å². The molecule has 0 heterocycles. The number of rotatable bonds is 42. The maximum Gasteiger partial charge on any atom is 0.514 e. The van der Waals surface area contributed by atoms with Gasteiger partial charge < -0.3 is 23.7 Å². The molecule has 0 aliphatic heterocycles. The Morgan fingerprint density at radius 1 is 0.500 bits per heavy atom. The molecule has 1 aromatic rings. The Bertz CT molecular complexity index is 1470. The average molecular weight is 924 g/mol. The van der Waals surface area contributed by atoms with E-state index >= 15 is 0 Å². The molecule has 1 atom stereocenters. The highest BCUT2D eigenvalue weighted by Gasteiger charge is 2.23. The lowest BCUT2D eigenvalue weighted by molar-refractivity contribution is -0.384. The monoisotopic (exact) mass is 924 g/mol. The topological polar surface area (TPSA) is 158 Å². The Balaban J connectivity index is 2.57. The molecule has 1 aromatic carbocycles. The van der Waals surface area contributed by atoms with Gasteiger partial charge in [-0.25, -0.2) is 4.79 Å². The molecular weight excluding hydrogens is 839 g/mol. The molecule has 66 heavy (non-hydrogen) atoms. The van der Waals surface area contributed by atoms with E-state index in [2.05, 4.69) is 62.5 Å². The summed E-state index contributed by atoms with van der Waals surface area (Å²) in [6.45, 7) is 5.92. The number of nitrogens with zero attached hydrogens (tertiary/aromatic N) is 1. The van der Waals surface area contributed by atoms with Gasteiger partial charge in [0, 0.05) is 31.4 Å². The van der Waals surface area contributed by atoms with Crippen molar-refractivity contribution in [1.82, 2.24) is 0 Å². The Hall–Kier alpha value is -4.74. The third-order valence-electron chi connectivity index (χ3n) is 10.9. The van der Waals surface area contributed by atoms with E-state index in [0.717, 1.165) is 103 Å². The molecule has 0 aliphatic rings. The average Bonchev–Trinajstić information content (AvgIpc) is 3.30. The van der Waals surface area contributed by atoms with Crippen molar-refractivity contribution < 1.29 is 47.8 Å². The van der Waals surface area contributed by atoms with Crippen LogP contribution in [0, 0.1) is 10.1 Å². The first-order valence-electron chi connectivity index (χ1n) is 25.4. The van der Waals surface area contributed by atoms with Crippen LogP contribution < -0.4 is 4.74 Å². The van der Waals surface area contributed by atoms with E-state index in [9.17, 15) is 29.3 Å². The van der Waals surface area contributed by atoms with Crippen molar-refractivity contribution in [3.05, 3.63) is 83.0 Å². The molecule has 0 saturated heterocycles. The fourth-order valence-corrected chi connectivity index (χ4v) is 6.90. The number of unbranched alkanes of at least 4 members (excludes halogenated alkanes) is 17. The van der Waals surface area contributed by atoms with Gasteiger partial charge in [0.25, 0.3) is 5.69 Å². The van der Waals surface area contributed by atoms with Crippen LogP contribution in [0.15, 0.2) is 72.9 Å². The number of non-ortho nitro benzene ring substituents is 1.